The Hall–Kier alpha value is -2.99. The summed E-state index contributed by atoms with van der Waals surface area (Å²) in [6, 6.07) is 17.9. The van der Waals surface area contributed by atoms with E-state index >= 15 is 0 Å². The second-order valence-corrected chi connectivity index (χ2v) is 8.73. The number of nitrogens with one attached hydrogen (secondary N) is 1. The lowest BCUT2D eigenvalue weighted by Gasteiger charge is -2.08. The van der Waals surface area contributed by atoms with Crippen LogP contribution in [0.5, 0.6) is 0 Å². The summed E-state index contributed by atoms with van der Waals surface area (Å²) in [4.78, 5) is 21.5. The van der Waals surface area contributed by atoms with Gasteiger partial charge in [0.25, 0.3) is 5.91 Å². The molecule has 3 aromatic rings. The number of amides is 1. The number of nitrogens with zero attached hydrogens (tertiary/aromatic N) is 3. The van der Waals surface area contributed by atoms with Crippen LogP contribution in [0.15, 0.2) is 64.9 Å². The molecule has 158 valence electrons. The summed E-state index contributed by atoms with van der Waals surface area (Å²) in [5.74, 6) is 0.565. The van der Waals surface area contributed by atoms with Gasteiger partial charge in [-0.05, 0) is 68.9 Å². The van der Waals surface area contributed by atoms with E-state index in [0.717, 1.165) is 64.8 Å². The lowest BCUT2D eigenvalue weighted by atomic mass is 10.0. The fourth-order valence-electron chi connectivity index (χ4n) is 3.72. The first-order valence-corrected chi connectivity index (χ1v) is 11.6. The first-order valence-electron chi connectivity index (χ1n) is 10.6. The summed E-state index contributed by atoms with van der Waals surface area (Å²) in [5.41, 5.74) is 9.84. The van der Waals surface area contributed by atoms with E-state index in [1.807, 2.05) is 50.2 Å². The molecule has 31 heavy (non-hydrogen) atoms. The number of benzene rings is 2. The van der Waals surface area contributed by atoms with Crippen LogP contribution in [0, 0.1) is 13.8 Å². The van der Waals surface area contributed by atoms with Gasteiger partial charge in [-0.2, -0.15) is 5.10 Å². The predicted molar refractivity (Wildman–Crippen MR) is 126 cm³/mol. The van der Waals surface area contributed by atoms with Crippen molar-refractivity contribution in [3.8, 4) is 0 Å². The number of carbonyl (C=O) groups excluding carboxylic acids is 1. The first-order chi connectivity index (χ1) is 15.1. The molecule has 1 N–H and O–H groups in total. The van der Waals surface area contributed by atoms with Crippen molar-refractivity contribution in [2.45, 2.75) is 50.4 Å². The van der Waals surface area contributed by atoms with Crippen molar-refractivity contribution in [2.75, 3.05) is 0 Å². The summed E-state index contributed by atoms with van der Waals surface area (Å²) in [6.07, 6.45) is 4.18. The monoisotopic (exact) mass is 430 g/mol. The Labute approximate surface area is 187 Å². The predicted octanol–water partition coefficient (Wildman–Crippen LogP) is 5.25. The lowest BCUT2D eigenvalue weighted by Crippen LogP contribution is -2.20. The fraction of sp³-hybridized carbons (Fsp3) is 0.280. The second kappa shape index (κ2) is 9.88. The zero-order valence-electron chi connectivity index (χ0n) is 17.9. The maximum atomic E-state index is 12.6. The van der Waals surface area contributed by atoms with Crippen LogP contribution in [-0.4, -0.2) is 21.6 Å². The van der Waals surface area contributed by atoms with Crippen molar-refractivity contribution in [1.82, 2.24) is 15.4 Å². The average molecular weight is 431 g/mol. The molecule has 1 heterocycles. The number of hydrazone groups is 1. The van der Waals surface area contributed by atoms with Crippen LogP contribution in [0.25, 0.3) is 0 Å². The molecule has 0 bridgehead atoms. The van der Waals surface area contributed by atoms with Crippen LogP contribution < -0.4 is 5.43 Å². The van der Waals surface area contributed by atoms with Gasteiger partial charge in [0.15, 0.2) is 5.16 Å². The van der Waals surface area contributed by atoms with E-state index in [-0.39, 0.29) is 5.91 Å². The number of rotatable bonds is 5. The van der Waals surface area contributed by atoms with Gasteiger partial charge in [-0.15, -0.1) is 0 Å². The molecule has 4 rings (SSSR count). The van der Waals surface area contributed by atoms with Crippen LogP contribution >= 0.6 is 11.8 Å². The van der Waals surface area contributed by atoms with Gasteiger partial charge < -0.3 is 0 Å². The minimum Gasteiger partial charge on any atom is -0.267 e. The zero-order chi connectivity index (χ0) is 21.6. The SMILES string of the molecule is Cc1cc(C)nc(SCc2ccc(C(=O)N/N=C3/CCCCc4ccccc43)cc2)n1. The highest BCUT2D eigenvalue weighted by molar-refractivity contribution is 7.98. The van der Waals surface area contributed by atoms with Crippen LogP contribution in [0.1, 0.15) is 57.7 Å². The smallest absolute Gasteiger partial charge is 0.267 e. The van der Waals surface area contributed by atoms with Gasteiger partial charge >= 0.3 is 0 Å². The molecule has 2 aromatic carbocycles. The number of fused-ring (bicyclic) bond motifs is 1. The largest absolute Gasteiger partial charge is 0.271 e. The summed E-state index contributed by atoms with van der Waals surface area (Å²) in [5, 5.41) is 5.25. The molecule has 0 saturated carbocycles. The Morgan fingerprint density at radius 2 is 1.71 bits per heavy atom. The Balaban J connectivity index is 1.39. The molecular weight excluding hydrogens is 404 g/mol. The van der Waals surface area contributed by atoms with Crippen molar-refractivity contribution in [1.29, 1.82) is 0 Å². The third-order valence-corrected chi connectivity index (χ3v) is 6.19. The van der Waals surface area contributed by atoms with Crippen molar-refractivity contribution < 1.29 is 4.79 Å². The summed E-state index contributed by atoms with van der Waals surface area (Å²) < 4.78 is 0. The number of carbonyl (C=O) groups is 1. The van der Waals surface area contributed by atoms with Gasteiger partial charge in [-0.3, -0.25) is 4.79 Å². The quantitative estimate of drug-likeness (QED) is 0.260. The Kier molecular flexibility index (Phi) is 6.77. The average Bonchev–Trinajstić information content (AvgIpc) is 2.98. The highest BCUT2D eigenvalue weighted by atomic mass is 32.2. The maximum absolute atomic E-state index is 12.6. The highest BCUT2D eigenvalue weighted by Crippen LogP contribution is 2.22. The minimum absolute atomic E-state index is 0.189. The van der Waals surface area contributed by atoms with E-state index in [0.29, 0.717) is 5.56 Å². The molecule has 1 aromatic heterocycles. The Bertz CT molecular complexity index is 1090. The van der Waals surface area contributed by atoms with E-state index in [4.69, 9.17) is 0 Å². The lowest BCUT2D eigenvalue weighted by molar-refractivity contribution is 0.0955. The second-order valence-electron chi connectivity index (χ2n) is 7.78. The van der Waals surface area contributed by atoms with Gasteiger partial charge in [0.1, 0.15) is 0 Å². The zero-order valence-corrected chi connectivity index (χ0v) is 18.7. The molecule has 0 unspecified atom stereocenters. The summed E-state index contributed by atoms with van der Waals surface area (Å²) in [7, 11) is 0. The third kappa shape index (κ3) is 5.58. The van der Waals surface area contributed by atoms with E-state index in [1.165, 1.54) is 5.56 Å². The molecule has 0 aliphatic heterocycles. The van der Waals surface area contributed by atoms with Gasteiger partial charge in [-0.25, -0.2) is 15.4 Å². The number of aromatic nitrogens is 2. The minimum atomic E-state index is -0.189. The van der Waals surface area contributed by atoms with E-state index < -0.39 is 0 Å². The standard InChI is InChI=1S/C25H26N4OS/c1-17-15-18(2)27-25(26-17)31-16-19-11-13-21(14-12-19)24(30)29-28-23-10-6-4-8-20-7-3-5-9-22(20)23/h3,5,7,9,11-15H,4,6,8,10,16H2,1-2H3,(H,29,30)/b28-23-. The third-order valence-electron chi connectivity index (χ3n) is 5.28. The van der Waals surface area contributed by atoms with Crippen LogP contribution in [0.4, 0.5) is 0 Å². The molecular formula is C25H26N4OS. The van der Waals surface area contributed by atoms with Crippen LogP contribution in [0.2, 0.25) is 0 Å². The van der Waals surface area contributed by atoms with Crippen molar-refractivity contribution in [2.24, 2.45) is 5.10 Å². The van der Waals surface area contributed by atoms with Crippen molar-refractivity contribution >= 4 is 23.4 Å². The first kappa shape index (κ1) is 21.2. The summed E-state index contributed by atoms with van der Waals surface area (Å²) in [6.45, 7) is 3.95. The van der Waals surface area contributed by atoms with Crippen LogP contribution in [-0.2, 0) is 12.2 Å². The van der Waals surface area contributed by atoms with Gasteiger partial charge in [0.05, 0.1) is 5.71 Å². The number of hydrogen-bond acceptors (Lipinski definition) is 5. The molecule has 5 nitrogen and oxygen atoms in total. The molecule has 0 spiro atoms. The molecule has 1 aliphatic rings. The molecule has 0 atom stereocenters. The van der Waals surface area contributed by atoms with E-state index in [2.05, 4.69) is 38.7 Å². The molecule has 0 saturated heterocycles. The number of thioether (sulfide) groups is 1. The molecule has 0 fully saturated rings. The maximum Gasteiger partial charge on any atom is 0.271 e. The van der Waals surface area contributed by atoms with Crippen molar-refractivity contribution in [3.05, 3.63) is 88.2 Å². The number of aryl methyl sites for hydroxylation is 3. The van der Waals surface area contributed by atoms with Gasteiger partial charge in [0, 0.05) is 28.3 Å². The van der Waals surface area contributed by atoms with Gasteiger partial charge in [0.2, 0.25) is 0 Å². The molecule has 0 radical (unpaired) electrons. The topological polar surface area (TPSA) is 67.2 Å². The molecule has 1 amide bonds. The molecule has 6 heteroatoms. The Morgan fingerprint density at radius 3 is 2.48 bits per heavy atom. The van der Waals surface area contributed by atoms with Crippen molar-refractivity contribution in [3.63, 3.8) is 0 Å². The normalized spacial score (nSPS) is 14.7. The summed E-state index contributed by atoms with van der Waals surface area (Å²) >= 11 is 1.60. The number of hydrogen-bond donors (Lipinski definition) is 1. The molecule has 1 aliphatic carbocycles. The Morgan fingerprint density at radius 1 is 1.00 bits per heavy atom. The fourth-order valence-corrected chi connectivity index (χ4v) is 4.62. The van der Waals surface area contributed by atoms with Gasteiger partial charge in [-0.1, -0.05) is 48.2 Å². The van der Waals surface area contributed by atoms with Crippen LogP contribution in [0.3, 0.4) is 0 Å². The highest BCUT2D eigenvalue weighted by Gasteiger charge is 2.14. The van der Waals surface area contributed by atoms with E-state index in [1.54, 1.807) is 11.8 Å². The van der Waals surface area contributed by atoms with E-state index in [9.17, 15) is 4.79 Å².